The van der Waals surface area contributed by atoms with Crippen LogP contribution in [-0.2, 0) is 6.54 Å². The van der Waals surface area contributed by atoms with Crippen molar-refractivity contribution in [2.45, 2.75) is 6.54 Å². The molecule has 0 atom stereocenters. The minimum atomic E-state index is -0.489. The molecule has 0 aliphatic carbocycles. The Labute approximate surface area is 124 Å². The summed E-state index contributed by atoms with van der Waals surface area (Å²) in [7, 11) is 0. The predicted octanol–water partition coefficient (Wildman–Crippen LogP) is 2.42. The Balaban J connectivity index is 2.09. The lowest BCUT2D eigenvalue weighted by Crippen LogP contribution is -2.16. The molecule has 4 nitrogen and oxygen atoms in total. The topological polar surface area (TPSA) is 61.2 Å². The van der Waals surface area contributed by atoms with E-state index in [1.807, 2.05) is 0 Å². The fraction of sp³-hybridized carbons (Fsp3) is 0.0667. The van der Waals surface area contributed by atoms with Crippen LogP contribution in [0.5, 0.6) is 0 Å². The Bertz CT molecular complexity index is 898. The number of nitrogens with two attached hydrogens (primary N) is 1. The van der Waals surface area contributed by atoms with Gasteiger partial charge in [-0.05, 0) is 35.9 Å². The van der Waals surface area contributed by atoms with Gasteiger partial charge in [0.05, 0.1) is 12.1 Å². The van der Waals surface area contributed by atoms with Crippen molar-refractivity contribution in [3.05, 3.63) is 70.0 Å². The summed E-state index contributed by atoms with van der Waals surface area (Å²) in [5.41, 5.74) is 7.69. The van der Waals surface area contributed by atoms with Gasteiger partial charge >= 0.3 is 5.76 Å². The van der Waals surface area contributed by atoms with E-state index in [1.165, 1.54) is 16.7 Å². The summed E-state index contributed by atoms with van der Waals surface area (Å²) in [5.74, 6) is -0.937. The summed E-state index contributed by atoms with van der Waals surface area (Å²) in [6, 6.07) is 11.3. The van der Waals surface area contributed by atoms with Crippen LogP contribution in [-0.4, -0.2) is 9.56 Å². The fourth-order valence-electron chi connectivity index (χ4n) is 2.23. The third-order valence-corrected chi connectivity index (χ3v) is 3.39. The van der Waals surface area contributed by atoms with Crippen LogP contribution in [0.1, 0.15) is 11.1 Å². The number of aromatic nitrogens is 1. The van der Waals surface area contributed by atoms with Gasteiger partial charge in [-0.2, -0.15) is 0 Å². The van der Waals surface area contributed by atoms with Gasteiger partial charge in [0.2, 0.25) is 0 Å². The molecule has 0 saturated carbocycles. The maximum Gasteiger partial charge on any atom is 0.420 e. The molecule has 0 aliphatic rings. The molecule has 0 amide bonds. The summed E-state index contributed by atoms with van der Waals surface area (Å²) < 4.78 is 20.2. The van der Waals surface area contributed by atoms with E-state index in [0.29, 0.717) is 22.2 Å². The maximum atomic E-state index is 13.6. The van der Waals surface area contributed by atoms with Gasteiger partial charge in [0, 0.05) is 5.56 Å². The van der Waals surface area contributed by atoms with Crippen molar-refractivity contribution in [3.63, 3.8) is 0 Å². The number of nitrogens with zero attached hydrogens (tertiary/aromatic N) is 1. The largest absolute Gasteiger partial charge is 0.420 e. The van der Waals surface area contributed by atoms with Gasteiger partial charge in [0.25, 0.3) is 0 Å². The molecule has 6 heteroatoms. The molecule has 2 N–H and O–H groups in total. The number of halogens is 1. The zero-order chi connectivity index (χ0) is 15.0. The zero-order valence-corrected chi connectivity index (χ0v) is 11.7. The quantitative estimate of drug-likeness (QED) is 0.755. The van der Waals surface area contributed by atoms with Crippen molar-refractivity contribution in [1.82, 2.24) is 4.57 Å². The second-order valence-corrected chi connectivity index (χ2v) is 5.07. The van der Waals surface area contributed by atoms with E-state index in [9.17, 15) is 9.18 Å². The van der Waals surface area contributed by atoms with Crippen molar-refractivity contribution < 1.29 is 8.81 Å². The molecule has 0 bridgehead atoms. The number of fused-ring (bicyclic) bond motifs is 1. The normalized spacial score (nSPS) is 10.9. The van der Waals surface area contributed by atoms with Gasteiger partial charge in [-0.3, -0.25) is 4.57 Å². The molecule has 0 radical (unpaired) electrons. The molecular formula is C15H11FN2O2S. The highest BCUT2D eigenvalue weighted by molar-refractivity contribution is 7.80. The average molecular weight is 302 g/mol. The number of rotatable bonds is 3. The molecule has 0 fully saturated rings. The molecule has 0 aliphatic heterocycles. The molecule has 3 aromatic rings. The first-order valence-corrected chi connectivity index (χ1v) is 6.63. The Morgan fingerprint density at radius 2 is 2.05 bits per heavy atom. The maximum absolute atomic E-state index is 13.6. The summed E-state index contributed by atoms with van der Waals surface area (Å²) >= 11 is 4.86. The van der Waals surface area contributed by atoms with E-state index in [1.54, 1.807) is 30.3 Å². The summed E-state index contributed by atoms with van der Waals surface area (Å²) in [5, 5.41) is 0. The minimum absolute atomic E-state index is 0.111. The lowest BCUT2D eigenvalue weighted by Gasteiger charge is -2.06. The fourth-order valence-corrected chi connectivity index (χ4v) is 2.35. The summed E-state index contributed by atoms with van der Waals surface area (Å²) in [6.45, 7) is 0.184. The Morgan fingerprint density at radius 1 is 1.29 bits per heavy atom. The third-order valence-electron chi connectivity index (χ3n) is 3.16. The van der Waals surface area contributed by atoms with Crippen LogP contribution >= 0.6 is 12.2 Å². The van der Waals surface area contributed by atoms with Crippen molar-refractivity contribution in [2.24, 2.45) is 5.73 Å². The van der Waals surface area contributed by atoms with E-state index in [4.69, 9.17) is 22.4 Å². The van der Waals surface area contributed by atoms with E-state index < -0.39 is 11.6 Å². The standard InChI is InChI=1S/C15H11FN2O2S/c16-11-6-9(5-10(7-11)14(17)21)8-18-12-3-1-2-4-13(12)20-15(18)19/h1-7H,8H2,(H2,17,21). The second-order valence-electron chi connectivity index (χ2n) is 4.63. The Kier molecular flexibility index (Phi) is 3.31. The molecular weight excluding hydrogens is 291 g/mol. The highest BCUT2D eigenvalue weighted by Crippen LogP contribution is 2.15. The average Bonchev–Trinajstić information content (AvgIpc) is 2.75. The number of hydrogen-bond donors (Lipinski definition) is 1. The van der Waals surface area contributed by atoms with Crippen molar-refractivity contribution in [2.75, 3.05) is 0 Å². The van der Waals surface area contributed by atoms with Crippen LogP contribution in [0.3, 0.4) is 0 Å². The van der Waals surface area contributed by atoms with Crippen LogP contribution < -0.4 is 11.5 Å². The first kappa shape index (κ1) is 13.5. The predicted molar refractivity (Wildman–Crippen MR) is 81.9 cm³/mol. The van der Waals surface area contributed by atoms with E-state index in [-0.39, 0.29) is 11.5 Å². The molecule has 2 aromatic carbocycles. The van der Waals surface area contributed by atoms with Gasteiger partial charge in [0.15, 0.2) is 5.58 Å². The number of hydrogen-bond acceptors (Lipinski definition) is 3. The first-order chi connectivity index (χ1) is 10.0. The van der Waals surface area contributed by atoms with Gasteiger partial charge < -0.3 is 10.2 Å². The van der Waals surface area contributed by atoms with Crippen molar-refractivity contribution >= 4 is 28.3 Å². The number of benzene rings is 2. The SMILES string of the molecule is NC(=S)c1cc(F)cc(Cn2c(=O)oc3ccccc32)c1. The van der Waals surface area contributed by atoms with E-state index in [0.717, 1.165) is 0 Å². The third kappa shape index (κ3) is 2.57. The molecule has 0 saturated heterocycles. The lowest BCUT2D eigenvalue weighted by molar-refractivity contribution is 0.517. The van der Waals surface area contributed by atoms with Gasteiger partial charge in [-0.25, -0.2) is 9.18 Å². The van der Waals surface area contributed by atoms with Crippen LogP contribution in [0.4, 0.5) is 4.39 Å². The highest BCUT2D eigenvalue weighted by atomic mass is 32.1. The smallest absolute Gasteiger partial charge is 0.408 e. The Morgan fingerprint density at radius 3 is 2.81 bits per heavy atom. The van der Waals surface area contributed by atoms with Crippen LogP contribution in [0.25, 0.3) is 11.1 Å². The molecule has 0 spiro atoms. The molecule has 21 heavy (non-hydrogen) atoms. The van der Waals surface area contributed by atoms with Crippen LogP contribution in [0.15, 0.2) is 51.7 Å². The molecule has 106 valence electrons. The molecule has 3 rings (SSSR count). The highest BCUT2D eigenvalue weighted by Gasteiger charge is 2.10. The molecule has 1 heterocycles. The number of para-hydroxylation sites is 2. The summed E-state index contributed by atoms with van der Waals surface area (Å²) in [4.78, 5) is 12.0. The van der Waals surface area contributed by atoms with E-state index in [2.05, 4.69) is 0 Å². The van der Waals surface area contributed by atoms with E-state index >= 15 is 0 Å². The molecule has 0 unspecified atom stereocenters. The first-order valence-electron chi connectivity index (χ1n) is 6.22. The summed E-state index contributed by atoms with van der Waals surface area (Å²) in [6.07, 6.45) is 0. The number of oxazole rings is 1. The van der Waals surface area contributed by atoms with Gasteiger partial charge in [-0.1, -0.05) is 24.4 Å². The van der Waals surface area contributed by atoms with Gasteiger partial charge in [-0.15, -0.1) is 0 Å². The second kappa shape index (κ2) is 5.14. The number of thiocarbonyl (C=S) groups is 1. The van der Waals surface area contributed by atoms with Crippen molar-refractivity contribution in [1.29, 1.82) is 0 Å². The molecule has 1 aromatic heterocycles. The zero-order valence-electron chi connectivity index (χ0n) is 10.9. The van der Waals surface area contributed by atoms with Crippen molar-refractivity contribution in [3.8, 4) is 0 Å². The van der Waals surface area contributed by atoms with Gasteiger partial charge in [0.1, 0.15) is 10.8 Å². The lowest BCUT2D eigenvalue weighted by atomic mass is 10.1. The Hall–Kier alpha value is -2.47. The van der Waals surface area contributed by atoms with Crippen LogP contribution in [0.2, 0.25) is 0 Å². The van der Waals surface area contributed by atoms with Crippen LogP contribution in [0, 0.1) is 5.82 Å². The monoisotopic (exact) mass is 302 g/mol. The minimum Gasteiger partial charge on any atom is -0.408 e.